The monoisotopic (exact) mass is 608 g/mol. The fourth-order valence-electron chi connectivity index (χ4n) is 7.46. The number of benzene rings is 9. The van der Waals surface area contributed by atoms with Gasteiger partial charge in [-0.3, -0.25) is 0 Å². The Morgan fingerprint density at radius 3 is 1.27 bits per heavy atom. The number of fused-ring (bicyclic) bond motifs is 3. The number of hydrogen-bond acceptors (Lipinski definition) is 0. The van der Waals surface area contributed by atoms with Crippen LogP contribution < -0.4 is 0 Å². The zero-order chi connectivity index (χ0) is 31.9. The van der Waals surface area contributed by atoms with Crippen molar-refractivity contribution in [2.75, 3.05) is 0 Å². The number of rotatable bonds is 5. The van der Waals surface area contributed by atoms with Gasteiger partial charge in [0, 0.05) is 0 Å². The molecular weight excluding hydrogens is 577 g/mol. The molecule has 9 rings (SSSR count). The van der Waals surface area contributed by atoms with Crippen molar-refractivity contribution in [3.63, 3.8) is 0 Å². The van der Waals surface area contributed by atoms with E-state index in [1.807, 2.05) is 0 Å². The Bertz CT molecular complexity index is 2540. The lowest BCUT2D eigenvalue weighted by molar-refractivity contribution is 1.58. The Balaban J connectivity index is 1.32. The minimum absolute atomic E-state index is 1.21. The van der Waals surface area contributed by atoms with Crippen LogP contribution in [0.3, 0.4) is 0 Å². The van der Waals surface area contributed by atoms with Crippen molar-refractivity contribution in [3.8, 4) is 55.6 Å². The first-order valence-electron chi connectivity index (χ1n) is 16.6. The summed E-state index contributed by atoms with van der Waals surface area (Å²) in [5.41, 5.74) is 12.4. The van der Waals surface area contributed by atoms with Gasteiger partial charge >= 0.3 is 0 Å². The third-order valence-electron chi connectivity index (χ3n) is 9.67. The quantitative estimate of drug-likeness (QED) is 0.171. The zero-order valence-corrected chi connectivity index (χ0v) is 26.5. The van der Waals surface area contributed by atoms with E-state index in [-0.39, 0.29) is 0 Å². The molecule has 48 heavy (non-hydrogen) atoms. The molecule has 0 aliphatic heterocycles. The van der Waals surface area contributed by atoms with Gasteiger partial charge < -0.3 is 0 Å². The molecule has 0 spiro atoms. The molecule has 0 unspecified atom stereocenters. The molecule has 0 bridgehead atoms. The summed E-state index contributed by atoms with van der Waals surface area (Å²) in [5, 5.41) is 7.55. The second kappa shape index (κ2) is 11.8. The van der Waals surface area contributed by atoms with Crippen LogP contribution in [0.15, 0.2) is 194 Å². The highest BCUT2D eigenvalue weighted by Gasteiger charge is 2.20. The second-order valence-corrected chi connectivity index (χ2v) is 12.4. The number of hydrogen-bond donors (Lipinski definition) is 0. The highest BCUT2D eigenvalue weighted by Crippen LogP contribution is 2.47. The van der Waals surface area contributed by atoms with E-state index < -0.39 is 0 Å². The Morgan fingerprint density at radius 2 is 0.646 bits per heavy atom. The Labute approximate surface area is 281 Å². The van der Waals surface area contributed by atoms with Gasteiger partial charge in [0.1, 0.15) is 0 Å². The second-order valence-electron chi connectivity index (χ2n) is 12.4. The Morgan fingerprint density at radius 1 is 0.208 bits per heavy atom. The van der Waals surface area contributed by atoms with E-state index in [1.165, 1.54) is 88.0 Å². The fourth-order valence-corrected chi connectivity index (χ4v) is 7.46. The fraction of sp³-hybridized carbons (Fsp3) is 0. The molecule has 224 valence electrons. The van der Waals surface area contributed by atoms with Crippen LogP contribution in [-0.2, 0) is 0 Å². The van der Waals surface area contributed by atoms with E-state index in [1.54, 1.807) is 0 Å². The molecular formula is C48H32. The van der Waals surface area contributed by atoms with Gasteiger partial charge in [-0.25, -0.2) is 0 Å². The summed E-state index contributed by atoms with van der Waals surface area (Å²) in [5.74, 6) is 0. The van der Waals surface area contributed by atoms with Crippen molar-refractivity contribution in [1.29, 1.82) is 0 Å². The molecule has 0 amide bonds. The van der Waals surface area contributed by atoms with Crippen molar-refractivity contribution < 1.29 is 0 Å². The summed E-state index contributed by atoms with van der Waals surface area (Å²) in [6, 6.07) is 70.7. The lowest BCUT2D eigenvalue weighted by Gasteiger charge is -2.20. The van der Waals surface area contributed by atoms with Crippen LogP contribution in [0.2, 0.25) is 0 Å². The first kappa shape index (κ1) is 28.0. The largest absolute Gasteiger partial charge is 0.0622 e. The summed E-state index contributed by atoms with van der Waals surface area (Å²) in [4.78, 5) is 0. The van der Waals surface area contributed by atoms with Crippen LogP contribution >= 0.6 is 0 Å². The Kier molecular flexibility index (Phi) is 6.91. The third kappa shape index (κ3) is 4.78. The van der Waals surface area contributed by atoms with Crippen LogP contribution in [0.1, 0.15) is 0 Å². The molecule has 0 N–H and O–H groups in total. The van der Waals surface area contributed by atoms with Gasteiger partial charge in [-0.1, -0.05) is 182 Å². The predicted molar refractivity (Wildman–Crippen MR) is 206 cm³/mol. The summed E-state index contributed by atoms with van der Waals surface area (Å²) in [6.45, 7) is 0. The minimum Gasteiger partial charge on any atom is -0.0622 e. The van der Waals surface area contributed by atoms with E-state index in [2.05, 4.69) is 194 Å². The smallest absolute Gasteiger partial charge is 0.00201 e. The van der Waals surface area contributed by atoms with E-state index in [9.17, 15) is 0 Å². The molecule has 0 atom stereocenters. The SMILES string of the molecule is c1ccc(-c2cccc(-c3ccccc3-c3c4ccccc4c(-c4cccc5ccc(-c6ccccc6)cc45)c4ccccc34)c2)cc1. The first-order chi connectivity index (χ1) is 23.8. The average Bonchev–Trinajstić information content (AvgIpc) is 3.17. The highest BCUT2D eigenvalue weighted by molar-refractivity contribution is 6.24. The standard InChI is InChI=1S/C48H32/c1-3-15-33(16-4-1)36-20-13-21-38(31-36)39-22-7-8-23-40(39)47-41-24-9-11-26-43(41)48(44-27-12-10-25-42(44)47)45-28-14-19-35-29-30-37(32-46(35)45)34-17-5-2-6-18-34/h1-32H. The van der Waals surface area contributed by atoms with Gasteiger partial charge in [0.25, 0.3) is 0 Å². The molecule has 0 nitrogen and oxygen atoms in total. The van der Waals surface area contributed by atoms with Crippen molar-refractivity contribution in [2.45, 2.75) is 0 Å². The molecule has 0 heteroatoms. The van der Waals surface area contributed by atoms with Crippen LogP contribution in [-0.4, -0.2) is 0 Å². The molecule has 0 fully saturated rings. The highest BCUT2D eigenvalue weighted by atomic mass is 14.2. The van der Waals surface area contributed by atoms with Gasteiger partial charge in [-0.05, 0) is 100 Å². The molecule has 0 saturated heterocycles. The lowest BCUT2D eigenvalue weighted by Crippen LogP contribution is -1.93. The normalized spacial score (nSPS) is 11.3. The van der Waals surface area contributed by atoms with E-state index >= 15 is 0 Å². The van der Waals surface area contributed by atoms with Crippen LogP contribution in [0, 0.1) is 0 Å². The minimum atomic E-state index is 1.21. The molecule has 0 saturated carbocycles. The molecule has 0 aliphatic carbocycles. The van der Waals surface area contributed by atoms with Crippen LogP contribution in [0.5, 0.6) is 0 Å². The van der Waals surface area contributed by atoms with Crippen LogP contribution in [0.4, 0.5) is 0 Å². The third-order valence-corrected chi connectivity index (χ3v) is 9.67. The molecule has 9 aromatic rings. The van der Waals surface area contributed by atoms with Gasteiger partial charge in [0.15, 0.2) is 0 Å². The topological polar surface area (TPSA) is 0 Å². The molecule has 0 aliphatic rings. The maximum absolute atomic E-state index is 2.37. The van der Waals surface area contributed by atoms with Crippen molar-refractivity contribution in [1.82, 2.24) is 0 Å². The van der Waals surface area contributed by atoms with Crippen LogP contribution in [0.25, 0.3) is 88.0 Å². The maximum atomic E-state index is 2.37. The van der Waals surface area contributed by atoms with Crippen molar-refractivity contribution in [3.05, 3.63) is 194 Å². The average molecular weight is 609 g/mol. The lowest BCUT2D eigenvalue weighted by atomic mass is 9.82. The van der Waals surface area contributed by atoms with Gasteiger partial charge in [-0.15, -0.1) is 0 Å². The molecule has 0 radical (unpaired) electrons. The first-order valence-corrected chi connectivity index (χ1v) is 16.6. The van der Waals surface area contributed by atoms with Crippen molar-refractivity contribution >= 4 is 32.3 Å². The Hall–Kier alpha value is -6.24. The molecule has 0 heterocycles. The zero-order valence-electron chi connectivity index (χ0n) is 26.5. The van der Waals surface area contributed by atoms with Gasteiger partial charge in [-0.2, -0.15) is 0 Å². The molecule has 9 aromatic carbocycles. The van der Waals surface area contributed by atoms with Crippen molar-refractivity contribution in [2.24, 2.45) is 0 Å². The van der Waals surface area contributed by atoms with Gasteiger partial charge in [0.05, 0.1) is 0 Å². The summed E-state index contributed by atoms with van der Waals surface area (Å²) >= 11 is 0. The summed E-state index contributed by atoms with van der Waals surface area (Å²) in [7, 11) is 0. The summed E-state index contributed by atoms with van der Waals surface area (Å²) < 4.78 is 0. The maximum Gasteiger partial charge on any atom is -0.00201 e. The molecule has 0 aromatic heterocycles. The summed E-state index contributed by atoms with van der Waals surface area (Å²) in [6.07, 6.45) is 0. The predicted octanol–water partition coefficient (Wildman–Crippen LogP) is 13.5. The van der Waals surface area contributed by atoms with E-state index in [0.29, 0.717) is 0 Å². The van der Waals surface area contributed by atoms with E-state index in [4.69, 9.17) is 0 Å². The van der Waals surface area contributed by atoms with Gasteiger partial charge in [0.2, 0.25) is 0 Å². The van der Waals surface area contributed by atoms with E-state index in [0.717, 1.165) is 0 Å².